The summed E-state index contributed by atoms with van der Waals surface area (Å²) in [6.45, 7) is 9.85. The Balaban J connectivity index is 1.63. The standard InChI is InChI=1S/C24H38O/c1-5-6-16(2)20-9-10-21-19-8-7-17-15-18(25)11-13-23(17,3)22(19)12-14-24(20,21)4/h6-7,18-22,25H,5,8-15H2,1-4H3/b16-6+/t18-,19-,20+,21-,22-,23-,24+/m0/s1. The lowest BCUT2D eigenvalue weighted by atomic mass is 9.47. The van der Waals surface area contributed by atoms with Crippen molar-refractivity contribution in [3.63, 3.8) is 0 Å². The van der Waals surface area contributed by atoms with Crippen LogP contribution in [0.15, 0.2) is 23.3 Å². The first kappa shape index (κ1) is 17.8. The molecule has 0 bridgehead atoms. The van der Waals surface area contributed by atoms with E-state index in [1.54, 1.807) is 11.1 Å². The second-order valence-corrected chi connectivity index (χ2v) is 10.2. The van der Waals surface area contributed by atoms with Crippen molar-refractivity contribution in [1.82, 2.24) is 0 Å². The topological polar surface area (TPSA) is 20.2 Å². The summed E-state index contributed by atoms with van der Waals surface area (Å²) in [5, 5.41) is 10.1. The Labute approximate surface area is 155 Å². The predicted molar refractivity (Wildman–Crippen MR) is 105 cm³/mol. The van der Waals surface area contributed by atoms with Gasteiger partial charge in [0.2, 0.25) is 0 Å². The summed E-state index contributed by atoms with van der Waals surface area (Å²) < 4.78 is 0. The Morgan fingerprint density at radius 2 is 1.96 bits per heavy atom. The molecule has 1 N–H and O–H groups in total. The van der Waals surface area contributed by atoms with Crippen LogP contribution >= 0.6 is 0 Å². The minimum absolute atomic E-state index is 0.0811. The fourth-order valence-corrected chi connectivity index (χ4v) is 7.85. The Morgan fingerprint density at radius 3 is 2.72 bits per heavy atom. The summed E-state index contributed by atoms with van der Waals surface area (Å²) in [6.07, 6.45) is 16.3. The molecule has 0 radical (unpaired) electrons. The first-order valence-electron chi connectivity index (χ1n) is 10.9. The Hall–Kier alpha value is -0.560. The van der Waals surface area contributed by atoms with Crippen molar-refractivity contribution in [1.29, 1.82) is 0 Å². The van der Waals surface area contributed by atoms with E-state index >= 15 is 0 Å². The van der Waals surface area contributed by atoms with E-state index in [0.717, 1.165) is 36.5 Å². The second kappa shape index (κ2) is 6.25. The van der Waals surface area contributed by atoms with Crippen LogP contribution in [-0.2, 0) is 0 Å². The van der Waals surface area contributed by atoms with Crippen molar-refractivity contribution in [3.05, 3.63) is 23.3 Å². The molecule has 0 unspecified atom stereocenters. The van der Waals surface area contributed by atoms with Gasteiger partial charge in [0.05, 0.1) is 6.10 Å². The lowest BCUT2D eigenvalue weighted by Crippen LogP contribution is -2.50. The zero-order valence-electron chi connectivity index (χ0n) is 16.9. The highest BCUT2D eigenvalue weighted by Crippen LogP contribution is 2.67. The highest BCUT2D eigenvalue weighted by Gasteiger charge is 2.58. The average molecular weight is 343 g/mol. The zero-order valence-corrected chi connectivity index (χ0v) is 16.9. The molecule has 4 rings (SSSR count). The highest BCUT2D eigenvalue weighted by molar-refractivity contribution is 5.26. The monoisotopic (exact) mass is 342 g/mol. The Kier molecular flexibility index (Phi) is 4.46. The van der Waals surface area contributed by atoms with Gasteiger partial charge in [0.25, 0.3) is 0 Å². The molecule has 0 aromatic heterocycles. The van der Waals surface area contributed by atoms with Crippen LogP contribution in [-0.4, -0.2) is 11.2 Å². The van der Waals surface area contributed by atoms with Crippen molar-refractivity contribution < 1.29 is 5.11 Å². The van der Waals surface area contributed by atoms with Gasteiger partial charge in [0.1, 0.15) is 0 Å². The number of hydrogen-bond acceptors (Lipinski definition) is 1. The fourth-order valence-electron chi connectivity index (χ4n) is 7.85. The molecule has 25 heavy (non-hydrogen) atoms. The van der Waals surface area contributed by atoms with Crippen LogP contribution < -0.4 is 0 Å². The van der Waals surface area contributed by atoms with Crippen LogP contribution in [0.5, 0.6) is 0 Å². The summed E-state index contributed by atoms with van der Waals surface area (Å²) in [4.78, 5) is 0. The summed E-state index contributed by atoms with van der Waals surface area (Å²) in [7, 11) is 0. The molecule has 0 aliphatic heterocycles. The van der Waals surface area contributed by atoms with E-state index < -0.39 is 0 Å². The van der Waals surface area contributed by atoms with Crippen LogP contribution in [0.2, 0.25) is 0 Å². The third-order valence-corrected chi connectivity index (χ3v) is 9.15. The Morgan fingerprint density at radius 1 is 1.16 bits per heavy atom. The van der Waals surface area contributed by atoms with Gasteiger partial charge >= 0.3 is 0 Å². The zero-order chi connectivity index (χ0) is 17.8. The number of fused-ring (bicyclic) bond motifs is 5. The third-order valence-electron chi connectivity index (χ3n) is 9.15. The van der Waals surface area contributed by atoms with E-state index in [2.05, 4.69) is 39.8 Å². The molecule has 3 saturated carbocycles. The van der Waals surface area contributed by atoms with Crippen LogP contribution in [0.25, 0.3) is 0 Å². The van der Waals surface area contributed by atoms with E-state index in [9.17, 15) is 5.11 Å². The molecule has 0 spiro atoms. The smallest absolute Gasteiger partial charge is 0.0577 e. The first-order chi connectivity index (χ1) is 11.9. The maximum atomic E-state index is 10.1. The van der Waals surface area contributed by atoms with Crippen molar-refractivity contribution in [2.45, 2.75) is 91.6 Å². The van der Waals surface area contributed by atoms with Crippen molar-refractivity contribution in [2.75, 3.05) is 0 Å². The average Bonchev–Trinajstić information content (AvgIpc) is 2.93. The van der Waals surface area contributed by atoms with Gasteiger partial charge in [-0.3, -0.25) is 0 Å². The number of hydrogen-bond donors (Lipinski definition) is 1. The minimum atomic E-state index is -0.0811. The third kappa shape index (κ3) is 2.59. The molecule has 0 heterocycles. The number of allylic oxidation sites excluding steroid dienone is 3. The van der Waals surface area contributed by atoms with Crippen LogP contribution in [0.4, 0.5) is 0 Å². The van der Waals surface area contributed by atoms with E-state index in [1.165, 1.54) is 44.9 Å². The molecule has 4 aliphatic carbocycles. The molecule has 1 heteroatoms. The molecule has 3 fully saturated rings. The van der Waals surface area contributed by atoms with Gasteiger partial charge in [-0.2, -0.15) is 0 Å². The van der Waals surface area contributed by atoms with Crippen LogP contribution in [0.1, 0.15) is 85.5 Å². The maximum absolute atomic E-state index is 10.1. The maximum Gasteiger partial charge on any atom is 0.0577 e. The van der Waals surface area contributed by atoms with Gasteiger partial charge in [0, 0.05) is 0 Å². The van der Waals surface area contributed by atoms with Crippen molar-refractivity contribution in [2.24, 2.45) is 34.5 Å². The molecule has 7 atom stereocenters. The first-order valence-corrected chi connectivity index (χ1v) is 10.9. The summed E-state index contributed by atoms with van der Waals surface area (Å²) >= 11 is 0. The SMILES string of the molecule is CC/C=C(\C)[C@H]1CC[C@H]2[C@@H]3CC=C4C[C@@H](O)CC[C@]4(C)[C@H]3CC[C@]12C. The van der Waals surface area contributed by atoms with E-state index in [4.69, 9.17) is 0 Å². The number of rotatable bonds is 2. The molecular formula is C24H38O. The molecule has 0 saturated heterocycles. The molecule has 0 aromatic carbocycles. The second-order valence-electron chi connectivity index (χ2n) is 10.2. The fraction of sp³-hybridized carbons (Fsp3) is 0.833. The van der Waals surface area contributed by atoms with E-state index in [-0.39, 0.29) is 6.10 Å². The van der Waals surface area contributed by atoms with Gasteiger partial charge in [-0.25, -0.2) is 0 Å². The molecular weight excluding hydrogens is 304 g/mol. The molecule has 140 valence electrons. The minimum Gasteiger partial charge on any atom is -0.393 e. The molecule has 0 amide bonds. The Bertz CT molecular complexity index is 587. The quantitative estimate of drug-likeness (QED) is 0.585. The normalized spacial score (nSPS) is 49.9. The summed E-state index contributed by atoms with van der Waals surface area (Å²) in [5.41, 5.74) is 4.19. The van der Waals surface area contributed by atoms with Crippen molar-refractivity contribution in [3.8, 4) is 0 Å². The predicted octanol–water partition coefficient (Wildman–Crippen LogP) is 6.28. The van der Waals surface area contributed by atoms with Crippen LogP contribution in [0, 0.1) is 34.5 Å². The summed E-state index contributed by atoms with van der Waals surface area (Å²) in [5.74, 6) is 3.50. The van der Waals surface area contributed by atoms with Crippen LogP contribution in [0.3, 0.4) is 0 Å². The number of aliphatic hydroxyl groups excluding tert-OH is 1. The van der Waals surface area contributed by atoms with Gasteiger partial charge in [-0.15, -0.1) is 0 Å². The lowest BCUT2D eigenvalue weighted by Gasteiger charge is -2.58. The van der Waals surface area contributed by atoms with Gasteiger partial charge in [0.15, 0.2) is 0 Å². The molecule has 4 aliphatic rings. The van der Waals surface area contributed by atoms with E-state index in [0.29, 0.717) is 10.8 Å². The largest absolute Gasteiger partial charge is 0.393 e. The van der Waals surface area contributed by atoms with Gasteiger partial charge < -0.3 is 5.11 Å². The molecule has 1 nitrogen and oxygen atoms in total. The summed E-state index contributed by atoms with van der Waals surface area (Å²) in [6, 6.07) is 0. The van der Waals surface area contributed by atoms with Gasteiger partial charge in [-0.1, -0.05) is 44.1 Å². The van der Waals surface area contributed by atoms with Crippen molar-refractivity contribution >= 4 is 0 Å². The molecule has 0 aromatic rings. The lowest BCUT2D eigenvalue weighted by molar-refractivity contribution is -0.0454. The van der Waals surface area contributed by atoms with E-state index in [1.807, 2.05) is 0 Å². The highest BCUT2D eigenvalue weighted by atomic mass is 16.3. The van der Waals surface area contributed by atoms with Gasteiger partial charge in [-0.05, 0) is 99.2 Å². The number of aliphatic hydroxyl groups is 1.